The zero-order valence-corrected chi connectivity index (χ0v) is 11.7. The molecule has 1 aliphatic carbocycles. The Hall–Kier alpha value is -1.75. The van der Waals surface area contributed by atoms with Crippen molar-refractivity contribution in [2.75, 3.05) is 0 Å². The summed E-state index contributed by atoms with van der Waals surface area (Å²) < 4.78 is 18.8. The number of benzene rings is 1. The first kappa shape index (κ1) is 13.2. The maximum Gasteiger partial charge on any atom is 0.234 e. The first-order chi connectivity index (χ1) is 9.50. The molecule has 1 saturated carbocycles. The van der Waals surface area contributed by atoms with Gasteiger partial charge in [-0.05, 0) is 44.4 Å². The van der Waals surface area contributed by atoms with Gasteiger partial charge in [-0.25, -0.2) is 4.39 Å². The second kappa shape index (κ2) is 4.66. The number of rotatable bonds is 2. The van der Waals surface area contributed by atoms with E-state index in [0.29, 0.717) is 17.3 Å². The van der Waals surface area contributed by atoms with Gasteiger partial charge in [0.25, 0.3) is 0 Å². The Morgan fingerprint density at radius 3 is 2.95 bits per heavy atom. The summed E-state index contributed by atoms with van der Waals surface area (Å²) in [5.74, 6) is 0.680. The first-order valence-electron chi connectivity index (χ1n) is 6.87. The van der Waals surface area contributed by atoms with Crippen LogP contribution < -0.4 is 5.73 Å². The molecular formula is C15H18FN3O. The van der Waals surface area contributed by atoms with E-state index < -0.39 is 0 Å². The van der Waals surface area contributed by atoms with Crippen LogP contribution in [0.4, 0.5) is 4.39 Å². The van der Waals surface area contributed by atoms with E-state index in [1.807, 2.05) is 6.92 Å². The molecule has 106 valence electrons. The highest BCUT2D eigenvalue weighted by atomic mass is 19.1. The van der Waals surface area contributed by atoms with E-state index in [1.54, 1.807) is 6.07 Å². The first-order valence-corrected chi connectivity index (χ1v) is 6.87. The van der Waals surface area contributed by atoms with Gasteiger partial charge in [0.2, 0.25) is 11.7 Å². The Kier molecular flexibility index (Phi) is 3.09. The largest absolute Gasteiger partial charge is 0.338 e. The van der Waals surface area contributed by atoms with E-state index in [2.05, 4.69) is 17.1 Å². The predicted octanol–water partition coefficient (Wildman–Crippen LogP) is 2.95. The van der Waals surface area contributed by atoms with Crippen LogP contribution in [-0.2, 0) is 5.41 Å². The summed E-state index contributed by atoms with van der Waals surface area (Å²) in [4.78, 5) is 4.46. The molecule has 20 heavy (non-hydrogen) atoms. The molecule has 2 aromatic rings. The molecule has 3 rings (SSSR count). The lowest BCUT2D eigenvalue weighted by Gasteiger charge is -2.23. The minimum atomic E-state index is -0.305. The van der Waals surface area contributed by atoms with Gasteiger partial charge in [-0.2, -0.15) is 4.98 Å². The molecule has 2 atom stereocenters. The molecule has 0 bridgehead atoms. The molecule has 2 N–H and O–H groups in total. The highest BCUT2D eigenvalue weighted by Crippen LogP contribution is 2.39. The summed E-state index contributed by atoms with van der Waals surface area (Å²) in [6, 6.07) is 4.60. The molecule has 4 nitrogen and oxygen atoms in total. The Morgan fingerprint density at radius 1 is 1.45 bits per heavy atom. The van der Waals surface area contributed by atoms with Gasteiger partial charge in [-0.15, -0.1) is 0 Å². The monoisotopic (exact) mass is 275 g/mol. The molecule has 1 aromatic carbocycles. The molecule has 1 fully saturated rings. The number of aromatic nitrogens is 2. The average molecular weight is 275 g/mol. The van der Waals surface area contributed by atoms with Crippen LogP contribution in [0.2, 0.25) is 0 Å². The zero-order chi connectivity index (χ0) is 14.3. The van der Waals surface area contributed by atoms with Crippen molar-refractivity contribution >= 4 is 0 Å². The van der Waals surface area contributed by atoms with E-state index in [4.69, 9.17) is 10.3 Å². The van der Waals surface area contributed by atoms with Crippen molar-refractivity contribution in [1.29, 1.82) is 0 Å². The summed E-state index contributed by atoms with van der Waals surface area (Å²) in [5.41, 5.74) is 7.47. The lowest BCUT2D eigenvalue weighted by Crippen LogP contribution is -2.38. The average Bonchev–Trinajstić information content (AvgIpc) is 3.02. The topological polar surface area (TPSA) is 64.9 Å². The Morgan fingerprint density at radius 2 is 2.25 bits per heavy atom. The fourth-order valence-corrected chi connectivity index (χ4v) is 2.86. The smallest absolute Gasteiger partial charge is 0.234 e. The lowest BCUT2D eigenvalue weighted by atomic mass is 9.85. The second-order valence-corrected chi connectivity index (χ2v) is 5.80. The molecule has 0 spiro atoms. The maximum atomic E-state index is 13.4. The van der Waals surface area contributed by atoms with Gasteiger partial charge in [0, 0.05) is 11.6 Å². The molecule has 0 amide bonds. The van der Waals surface area contributed by atoms with Gasteiger partial charge in [0.05, 0.1) is 5.41 Å². The van der Waals surface area contributed by atoms with Crippen LogP contribution in [0.3, 0.4) is 0 Å². The molecule has 1 aromatic heterocycles. The molecule has 1 heterocycles. The van der Waals surface area contributed by atoms with Crippen molar-refractivity contribution in [1.82, 2.24) is 10.1 Å². The summed E-state index contributed by atoms with van der Waals surface area (Å²) >= 11 is 0. The van der Waals surface area contributed by atoms with Crippen LogP contribution >= 0.6 is 0 Å². The van der Waals surface area contributed by atoms with Crippen molar-refractivity contribution in [3.05, 3.63) is 35.5 Å². The highest BCUT2D eigenvalue weighted by molar-refractivity contribution is 5.59. The highest BCUT2D eigenvalue weighted by Gasteiger charge is 2.42. The fraction of sp³-hybridized carbons (Fsp3) is 0.467. The van der Waals surface area contributed by atoms with Crippen molar-refractivity contribution in [2.45, 2.75) is 44.6 Å². The summed E-state index contributed by atoms with van der Waals surface area (Å²) in [7, 11) is 0. The molecule has 1 aliphatic rings. The van der Waals surface area contributed by atoms with E-state index in [-0.39, 0.29) is 17.3 Å². The number of nitrogens with zero attached hydrogens (tertiary/aromatic N) is 2. The molecule has 0 saturated heterocycles. The number of halogens is 1. The quantitative estimate of drug-likeness (QED) is 0.915. The van der Waals surface area contributed by atoms with Gasteiger partial charge < -0.3 is 10.3 Å². The number of hydrogen-bond donors (Lipinski definition) is 1. The molecule has 2 unspecified atom stereocenters. The van der Waals surface area contributed by atoms with Gasteiger partial charge in [0.1, 0.15) is 5.82 Å². The van der Waals surface area contributed by atoms with Gasteiger partial charge in [-0.3, -0.25) is 0 Å². The van der Waals surface area contributed by atoms with Gasteiger partial charge >= 0.3 is 0 Å². The van der Waals surface area contributed by atoms with Crippen molar-refractivity contribution < 1.29 is 8.91 Å². The van der Waals surface area contributed by atoms with Crippen molar-refractivity contribution in [3.8, 4) is 11.4 Å². The Labute approximate surface area is 117 Å². The Bertz CT molecular complexity index is 640. The normalized spacial score (nSPS) is 26.1. The number of hydrogen-bond acceptors (Lipinski definition) is 4. The summed E-state index contributed by atoms with van der Waals surface area (Å²) in [5, 5.41) is 4.00. The van der Waals surface area contributed by atoms with E-state index in [0.717, 1.165) is 24.8 Å². The third kappa shape index (κ3) is 2.02. The SMILES string of the molecule is Cc1ccc(F)cc1-c1noc(C2(C)CCCC2N)n1. The number of nitrogens with two attached hydrogens (primary N) is 1. The molecular weight excluding hydrogens is 257 g/mol. The fourth-order valence-electron chi connectivity index (χ4n) is 2.86. The molecule has 5 heteroatoms. The van der Waals surface area contributed by atoms with E-state index in [9.17, 15) is 4.39 Å². The summed E-state index contributed by atoms with van der Waals surface area (Å²) in [6.45, 7) is 3.95. The number of aryl methyl sites for hydroxylation is 1. The predicted molar refractivity (Wildman–Crippen MR) is 73.6 cm³/mol. The van der Waals surface area contributed by atoms with Crippen LogP contribution in [0.1, 0.15) is 37.6 Å². The maximum absolute atomic E-state index is 13.4. The van der Waals surface area contributed by atoms with Gasteiger partial charge in [-0.1, -0.05) is 17.6 Å². The second-order valence-electron chi connectivity index (χ2n) is 5.80. The standard InChI is InChI=1S/C15H18FN3O/c1-9-5-6-10(16)8-11(9)13-18-14(20-19-13)15(2)7-3-4-12(15)17/h5-6,8,12H,3-4,7,17H2,1-2H3. The zero-order valence-electron chi connectivity index (χ0n) is 11.7. The minimum Gasteiger partial charge on any atom is -0.338 e. The third-order valence-electron chi connectivity index (χ3n) is 4.38. The van der Waals surface area contributed by atoms with Crippen LogP contribution in [-0.4, -0.2) is 16.2 Å². The van der Waals surface area contributed by atoms with Crippen LogP contribution in [0.15, 0.2) is 22.7 Å². The van der Waals surface area contributed by atoms with Crippen LogP contribution in [0.5, 0.6) is 0 Å². The van der Waals surface area contributed by atoms with Crippen LogP contribution in [0, 0.1) is 12.7 Å². The molecule has 0 aliphatic heterocycles. The van der Waals surface area contributed by atoms with Crippen LogP contribution in [0.25, 0.3) is 11.4 Å². The minimum absolute atomic E-state index is 0.0319. The van der Waals surface area contributed by atoms with Crippen molar-refractivity contribution in [3.63, 3.8) is 0 Å². The van der Waals surface area contributed by atoms with E-state index >= 15 is 0 Å². The van der Waals surface area contributed by atoms with E-state index in [1.165, 1.54) is 12.1 Å². The van der Waals surface area contributed by atoms with Crippen molar-refractivity contribution in [2.24, 2.45) is 5.73 Å². The lowest BCUT2D eigenvalue weighted by molar-refractivity contribution is 0.278. The van der Waals surface area contributed by atoms with Gasteiger partial charge in [0.15, 0.2) is 0 Å². The Balaban J connectivity index is 2.00. The summed E-state index contributed by atoms with van der Waals surface area (Å²) in [6.07, 6.45) is 2.97. The third-order valence-corrected chi connectivity index (χ3v) is 4.38. The molecule has 0 radical (unpaired) electrons.